The average Bonchev–Trinajstić information content (AvgIpc) is 3.21. The van der Waals surface area contributed by atoms with Crippen LogP contribution < -0.4 is 0 Å². The SMILES string of the molecule is CC(C)c1nc2ccccc2o1.CCc1cccc2ocnc12. The van der Waals surface area contributed by atoms with E-state index in [-0.39, 0.29) is 0 Å². The average molecular weight is 308 g/mol. The van der Waals surface area contributed by atoms with Crippen molar-refractivity contribution in [1.29, 1.82) is 0 Å². The van der Waals surface area contributed by atoms with E-state index in [0.29, 0.717) is 5.92 Å². The topological polar surface area (TPSA) is 52.1 Å². The van der Waals surface area contributed by atoms with E-state index in [9.17, 15) is 0 Å². The molecule has 0 aliphatic carbocycles. The van der Waals surface area contributed by atoms with E-state index in [1.165, 1.54) is 12.0 Å². The number of para-hydroxylation sites is 3. The van der Waals surface area contributed by atoms with Gasteiger partial charge in [0.2, 0.25) is 0 Å². The predicted octanol–water partition coefficient (Wildman–Crippen LogP) is 5.34. The number of oxazole rings is 2. The van der Waals surface area contributed by atoms with Crippen LogP contribution in [0.2, 0.25) is 0 Å². The first kappa shape index (κ1) is 15.3. The molecule has 0 fully saturated rings. The zero-order valence-electron chi connectivity index (χ0n) is 13.6. The molecule has 2 aromatic heterocycles. The normalized spacial score (nSPS) is 11.0. The number of fused-ring (bicyclic) bond motifs is 2. The van der Waals surface area contributed by atoms with Gasteiger partial charge >= 0.3 is 0 Å². The number of aromatic nitrogens is 2. The Hall–Kier alpha value is -2.62. The Labute approximate surface area is 135 Å². The number of nitrogens with zero attached hydrogens (tertiary/aromatic N) is 2. The third-order valence-electron chi connectivity index (χ3n) is 3.63. The van der Waals surface area contributed by atoms with E-state index < -0.39 is 0 Å². The second-order valence-electron chi connectivity index (χ2n) is 5.64. The molecule has 0 unspecified atom stereocenters. The maximum Gasteiger partial charge on any atom is 0.198 e. The molecule has 0 spiro atoms. The molecule has 0 amide bonds. The van der Waals surface area contributed by atoms with Gasteiger partial charge in [-0.25, -0.2) is 9.97 Å². The fraction of sp³-hybridized carbons (Fsp3) is 0.263. The smallest absolute Gasteiger partial charge is 0.198 e. The molecular weight excluding hydrogens is 288 g/mol. The molecule has 2 aromatic carbocycles. The minimum absolute atomic E-state index is 0.359. The quantitative estimate of drug-likeness (QED) is 0.501. The fourth-order valence-electron chi connectivity index (χ4n) is 2.37. The van der Waals surface area contributed by atoms with E-state index in [2.05, 4.69) is 36.8 Å². The van der Waals surface area contributed by atoms with E-state index in [1.807, 2.05) is 36.4 Å². The van der Waals surface area contributed by atoms with Crippen molar-refractivity contribution in [3.05, 3.63) is 60.3 Å². The lowest BCUT2D eigenvalue weighted by molar-refractivity contribution is 0.501. The summed E-state index contributed by atoms with van der Waals surface area (Å²) in [6.07, 6.45) is 2.49. The van der Waals surface area contributed by atoms with Crippen molar-refractivity contribution in [1.82, 2.24) is 9.97 Å². The van der Waals surface area contributed by atoms with Crippen molar-refractivity contribution in [3.8, 4) is 0 Å². The van der Waals surface area contributed by atoms with Crippen LogP contribution in [-0.4, -0.2) is 9.97 Å². The van der Waals surface area contributed by atoms with Crippen molar-refractivity contribution in [2.45, 2.75) is 33.1 Å². The van der Waals surface area contributed by atoms with Gasteiger partial charge in [0.1, 0.15) is 11.0 Å². The molecule has 4 nitrogen and oxygen atoms in total. The number of benzene rings is 2. The van der Waals surface area contributed by atoms with Gasteiger partial charge in [-0.1, -0.05) is 45.0 Å². The molecule has 0 aliphatic rings. The second-order valence-corrected chi connectivity index (χ2v) is 5.64. The summed E-state index contributed by atoms with van der Waals surface area (Å²) in [6.45, 7) is 6.26. The molecule has 23 heavy (non-hydrogen) atoms. The van der Waals surface area contributed by atoms with Gasteiger partial charge in [-0.15, -0.1) is 0 Å². The van der Waals surface area contributed by atoms with Crippen LogP contribution in [0.4, 0.5) is 0 Å². The highest BCUT2D eigenvalue weighted by atomic mass is 16.3. The Morgan fingerprint density at radius 3 is 2.52 bits per heavy atom. The lowest BCUT2D eigenvalue weighted by Gasteiger charge is -1.93. The summed E-state index contributed by atoms with van der Waals surface area (Å²) >= 11 is 0. The van der Waals surface area contributed by atoms with Gasteiger partial charge in [0.15, 0.2) is 23.5 Å². The summed E-state index contributed by atoms with van der Waals surface area (Å²) in [5.41, 5.74) is 4.94. The van der Waals surface area contributed by atoms with Crippen LogP contribution in [0.3, 0.4) is 0 Å². The lowest BCUT2D eigenvalue weighted by atomic mass is 10.1. The summed E-state index contributed by atoms with van der Waals surface area (Å²) in [6, 6.07) is 13.8. The van der Waals surface area contributed by atoms with Crippen molar-refractivity contribution in [2.75, 3.05) is 0 Å². The molecule has 0 bridgehead atoms. The first-order valence-electron chi connectivity index (χ1n) is 7.85. The Morgan fingerprint density at radius 1 is 1.00 bits per heavy atom. The molecule has 0 radical (unpaired) electrons. The predicted molar refractivity (Wildman–Crippen MR) is 91.5 cm³/mol. The Kier molecular flexibility index (Phi) is 4.42. The van der Waals surface area contributed by atoms with Gasteiger partial charge in [-0.05, 0) is 30.2 Å². The van der Waals surface area contributed by atoms with Gasteiger partial charge in [0.05, 0.1) is 0 Å². The molecule has 0 N–H and O–H groups in total. The van der Waals surface area contributed by atoms with Crippen molar-refractivity contribution < 1.29 is 8.83 Å². The van der Waals surface area contributed by atoms with Crippen LogP contribution in [0.15, 0.2) is 57.7 Å². The highest BCUT2D eigenvalue weighted by Crippen LogP contribution is 2.20. The highest BCUT2D eigenvalue weighted by molar-refractivity contribution is 5.76. The van der Waals surface area contributed by atoms with Gasteiger partial charge in [0, 0.05) is 5.92 Å². The summed E-state index contributed by atoms with van der Waals surface area (Å²) < 4.78 is 10.7. The van der Waals surface area contributed by atoms with E-state index >= 15 is 0 Å². The fourth-order valence-corrected chi connectivity index (χ4v) is 2.37. The van der Waals surface area contributed by atoms with Crippen LogP contribution >= 0.6 is 0 Å². The van der Waals surface area contributed by atoms with Crippen molar-refractivity contribution in [3.63, 3.8) is 0 Å². The Bertz CT molecular complexity index is 873. The zero-order chi connectivity index (χ0) is 16.2. The van der Waals surface area contributed by atoms with Crippen LogP contribution in [-0.2, 0) is 6.42 Å². The van der Waals surface area contributed by atoms with Gasteiger partial charge in [-0.3, -0.25) is 0 Å². The first-order valence-corrected chi connectivity index (χ1v) is 7.85. The maximum atomic E-state index is 5.52. The maximum absolute atomic E-state index is 5.52. The number of hydrogen-bond donors (Lipinski definition) is 0. The molecular formula is C19H20N2O2. The molecule has 118 valence electrons. The molecule has 4 rings (SSSR count). The van der Waals surface area contributed by atoms with Crippen molar-refractivity contribution >= 4 is 22.2 Å². The molecule has 0 saturated carbocycles. The summed E-state index contributed by atoms with van der Waals surface area (Å²) in [5, 5.41) is 0. The lowest BCUT2D eigenvalue weighted by Crippen LogP contribution is -1.84. The molecule has 0 atom stereocenters. The van der Waals surface area contributed by atoms with Crippen LogP contribution in [0.1, 0.15) is 38.1 Å². The number of rotatable bonds is 2. The van der Waals surface area contributed by atoms with E-state index in [1.54, 1.807) is 0 Å². The van der Waals surface area contributed by atoms with Crippen LogP contribution in [0, 0.1) is 0 Å². The minimum atomic E-state index is 0.359. The van der Waals surface area contributed by atoms with Crippen LogP contribution in [0.25, 0.3) is 22.2 Å². The summed E-state index contributed by atoms with van der Waals surface area (Å²) in [5.74, 6) is 1.17. The monoisotopic (exact) mass is 308 g/mol. The molecule has 0 saturated heterocycles. The van der Waals surface area contributed by atoms with E-state index in [4.69, 9.17) is 8.83 Å². The highest BCUT2D eigenvalue weighted by Gasteiger charge is 2.07. The zero-order valence-corrected chi connectivity index (χ0v) is 13.6. The number of aryl methyl sites for hydroxylation is 1. The van der Waals surface area contributed by atoms with Gasteiger partial charge in [0.25, 0.3) is 0 Å². The van der Waals surface area contributed by atoms with Gasteiger partial charge < -0.3 is 8.83 Å². The summed E-state index contributed by atoms with van der Waals surface area (Å²) in [7, 11) is 0. The van der Waals surface area contributed by atoms with Crippen LogP contribution in [0.5, 0.6) is 0 Å². The third kappa shape index (κ3) is 3.26. The number of hydrogen-bond acceptors (Lipinski definition) is 4. The first-order chi connectivity index (χ1) is 11.2. The minimum Gasteiger partial charge on any atom is -0.443 e. The van der Waals surface area contributed by atoms with E-state index in [0.717, 1.165) is 34.5 Å². The molecule has 2 heterocycles. The molecule has 4 heteroatoms. The standard InChI is InChI=1S/C10H11NO.C9H9NO/c1-7(2)10-11-8-5-3-4-6-9(8)12-10;1-2-7-4-3-5-8-9(7)10-6-11-8/h3-7H,1-2H3;3-6H,2H2,1H3. The molecule has 4 aromatic rings. The molecule has 0 aliphatic heterocycles. The van der Waals surface area contributed by atoms with Gasteiger partial charge in [-0.2, -0.15) is 0 Å². The Morgan fingerprint density at radius 2 is 1.78 bits per heavy atom. The largest absolute Gasteiger partial charge is 0.443 e. The summed E-state index contributed by atoms with van der Waals surface area (Å²) in [4.78, 5) is 8.47. The van der Waals surface area contributed by atoms with Crippen molar-refractivity contribution in [2.24, 2.45) is 0 Å². The second kappa shape index (κ2) is 6.65. The third-order valence-corrected chi connectivity index (χ3v) is 3.63. The Balaban J connectivity index is 0.000000136.